The van der Waals surface area contributed by atoms with E-state index >= 15 is 0 Å². The van der Waals surface area contributed by atoms with Gasteiger partial charge in [0, 0.05) is 19.6 Å². The minimum Gasteiger partial charge on any atom is -0.504 e. The summed E-state index contributed by atoms with van der Waals surface area (Å²) in [6, 6.07) is 5.09. The van der Waals surface area contributed by atoms with Gasteiger partial charge in [-0.2, -0.15) is 0 Å². The molecule has 0 spiro atoms. The fourth-order valence-electron chi connectivity index (χ4n) is 2.75. The lowest BCUT2D eigenvalue weighted by Crippen LogP contribution is -2.39. The zero-order valence-corrected chi connectivity index (χ0v) is 13.2. The van der Waals surface area contributed by atoms with Gasteiger partial charge in [0.2, 0.25) is 5.91 Å². The Labute approximate surface area is 131 Å². The van der Waals surface area contributed by atoms with Crippen LogP contribution in [0.2, 0.25) is 0 Å². The van der Waals surface area contributed by atoms with Gasteiger partial charge in [0.05, 0.1) is 13.0 Å². The summed E-state index contributed by atoms with van der Waals surface area (Å²) in [6.45, 7) is 0.485. The van der Waals surface area contributed by atoms with E-state index in [4.69, 9.17) is 10.5 Å². The van der Waals surface area contributed by atoms with Gasteiger partial charge in [-0.15, -0.1) is 12.4 Å². The number of hydrogen-bond acceptors (Lipinski definition) is 4. The fraction of sp³-hybridized carbons (Fsp3) is 0.533. The average Bonchev–Trinajstić information content (AvgIpc) is 2.86. The number of benzene rings is 1. The Morgan fingerprint density at radius 1 is 1.48 bits per heavy atom. The molecule has 1 aliphatic carbocycles. The predicted octanol–water partition coefficient (Wildman–Crippen LogP) is 1.91. The molecule has 0 aliphatic heterocycles. The number of rotatable bonds is 4. The Kier molecular flexibility index (Phi) is 6.30. The average molecular weight is 315 g/mol. The number of carbonyl (C=O) groups excluding carboxylic acids is 1. The van der Waals surface area contributed by atoms with Gasteiger partial charge >= 0.3 is 0 Å². The molecule has 0 bridgehead atoms. The Hall–Kier alpha value is -1.46. The van der Waals surface area contributed by atoms with Crippen LogP contribution in [0.5, 0.6) is 11.5 Å². The smallest absolute Gasteiger partial charge is 0.227 e. The molecule has 6 heteroatoms. The molecule has 1 saturated carbocycles. The molecule has 3 N–H and O–H groups in total. The van der Waals surface area contributed by atoms with Gasteiger partial charge in [0.15, 0.2) is 11.5 Å². The van der Waals surface area contributed by atoms with Crippen molar-refractivity contribution in [1.29, 1.82) is 0 Å². The Bertz CT molecular complexity index is 496. The standard InChI is InChI=1S/C15H22N2O3.ClH/c1-17(15(19)11-4-3-5-12(11)16)9-10-6-7-13(18)14(8-10)20-2;/h6-8,11-12,18H,3-5,9,16H2,1-2H3;1H. The zero-order valence-electron chi connectivity index (χ0n) is 12.4. The molecule has 0 radical (unpaired) electrons. The number of nitrogens with zero attached hydrogens (tertiary/aromatic N) is 1. The van der Waals surface area contributed by atoms with E-state index in [2.05, 4.69) is 0 Å². The van der Waals surface area contributed by atoms with E-state index in [-0.39, 0.29) is 36.0 Å². The van der Waals surface area contributed by atoms with Crippen molar-refractivity contribution in [3.05, 3.63) is 23.8 Å². The van der Waals surface area contributed by atoms with Crippen molar-refractivity contribution in [2.75, 3.05) is 14.2 Å². The van der Waals surface area contributed by atoms with E-state index in [0.29, 0.717) is 12.3 Å². The van der Waals surface area contributed by atoms with E-state index in [1.54, 1.807) is 30.1 Å². The molecular weight excluding hydrogens is 292 g/mol. The Morgan fingerprint density at radius 3 is 2.76 bits per heavy atom. The lowest BCUT2D eigenvalue weighted by Gasteiger charge is -2.23. The van der Waals surface area contributed by atoms with E-state index in [1.807, 2.05) is 0 Å². The van der Waals surface area contributed by atoms with Crippen molar-refractivity contribution in [2.24, 2.45) is 11.7 Å². The topological polar surface area (TPSA) is 75.8 Å². The number of carbonyl (C=O) groups is 1. The molecule has 1 fully saturated rings. The zero-order chi connectivity index (χ0) is 14.7. The largest absolute Gasteiger partial charge is 0.504 e. The summed E-state index contributed by atoms with van der Waals surface area (Å²) in [6.07, 6.45) is 2.83. The first-order valence-electron chi connectivity index (χ1n) is 6.89. The first-order valence-corrected chi connectivity index (χ1v) is 6.89. The van der Waals surface area contributed by atoms with Gasteiger partial charge in [-0.1, -0.05) is 12.5 Å². The van der Waals surface area contributed by atoms with Gasteiger partial charge in [0.1, 0.15) is 0 Å². The van der Waals surface area contributed by atoms with Gasteiger partial charge in [-0.25, -0.2) is 0 Å². The maximum absolute atomic E-state index is 12.3. The minimum atomic E-state index is -0.0565. The summed E-state index contributed by atoms with van der Waals surface area (Å²) in [7, 11) is 3.29. The molecule has 2 rings (SSSR count). The molecule has 118 valence electrons. The highest BCUT2D eigenvalue weighted by Gasteiger charge is 2.32. The summed E-state index contributed by atoms with van der Waals surface area (Å²) in [5.74, 6) is 0.560. The molecule has 0 saturated heterocycles. The van der Waals surface area contributed by atoms with E-state index in [0.717, 1.165) is 24.8 Å². The molecular formula is C15H23ClN2O3. The first kappa shape index (κ1) is 17.6. The third-order valence-electron chi connectivity index (χ3n) is 3.93. The van der Waals surface area contributed by atoms with Crippen molar-refractivity contribution in [2.45, 2.75) is 31.8 Å². The van der Waals surface area contributed by atoms with Crippen LogP contribution in [-0.4, -0.2) is 36.1 Å². The fourth-order valence-corrected chi connectivity index (χ4v) is 2.75. The van der Waals surface area contributed by atoms with Gasteiger partial charge in [-0.05, 0) is 30.5 Å². The summed E-state index contributed by atoms with van der Waals surface area (Å²) < 4.78 is 5.07. The second-order valence-electron chi connectivity index (χ2n) is 5.40. The number of phenolic OH excluding ortho intramolecular Hbond substituents is 1. The van der Waals surface area contributed by atoms with Crippen LogP contribution < -0.4 is 10.5 Å². The number of aromatic hydroxyl groups is 1. The summed E-state index contributed by atoms with van der Waals surface area (Å²) in [4.78, 5) is 14.0. The normalized spacial score (nSPS) is 20.7. The van der Waals surface area contributed by atoms with Crippen molar-refractivity contribution in [3.63, 3.8) is 0 Å². The third-order valence-corrected chi connectivity index (χ3v) is 3.93. The molecule has 1 aromatic rings. The third kappa shape index (κ3) is 4.02. The molecule has 0 aromatic heterocycles. The number of phenols is 1. The van der Waals surface area contributed by atoms with Crippen LogP contribution in [0.3, 0.4) is 0 Å². The SMILES string of the molecule is COc1cc(CN(C)C(=O)C2CCCC2N)ccc1O.Cl. The highest BCUT2D eigenvalue weighted by Crippen LogP contribution is 2.28. The maximum atomic E-state index is 12.3. The van der Waals surface area contributed by atoms with Crippen molar-refractivity contribution < 1.29 is 14.6 Å². The highest BCUT2D eigenvalue weighted by atomic mass is 35.5. The van der Waals surface area contributed by atoms with Gasteiger partial charge in [-0.3, -0.25) is 4.79 Å². The van der Waals surface area contributed by atoms with Crippen LogP contribution >= 0.6 is 12.4 Å². The minimum absolute atomic E-state index is 0. The number of nitrogens with two attached hydrogens (primary N) is 1. The predicted molar refractivity (Wildman–Crippen MR) is 83.7 cm³/mol. The Morgan fingerprint density at radius 2 is 2.19 bits per heavy atom. The maximum Gasteiger partial charge on any atom is 0.227 e. The van der Waals surface area contributed by atoms with Crippen LogP contribution in [0.15, 0.2) is 18.2 Å². The number of methoxy groups -OCH3 is 1. The number of ether oxygens (including phenoxy) is 1. The van der Waals surface area contributed by atoms with Gasteiger partial charge in [0.25, 0.3) is 0 Å². The van der Waals surface area contributed by atoms with Crippen LogP contribution in [0.25, 0.3) is 0 Å². The number of hydrogen-bond donors (Lipinski definition) is 2. The molecule has 5 nitrogen and oxygen atoms in total. The first-order chi connectivity index (χ1) is 9.52. The second-order valence-corrected chi connectivity index (χ2v) is 5.40. The molecule has 1 amide bonds. The van der Waals surface area contributed by atoms with Crippen molar-refractivity contribution >= 4 is 18.3 Å². The summed E-state index contributed by atoms with van der Waals surface area (Å²) in [5, 5.41) is 9.56. The lowest BCUT2D eigenvalue weighted by atomic mass is 10.0. The second kappa shape index (κ2) is 7.52. The molecule has 0 heterocycles. The molecule has 2 atom stereocenters. The van der Waals surface area contributed by atoms with Crippen LogP contribution in [0.4, 0.5) is 0 Å². The van der Waals surface area contributed by atoms with Crippen molar-refractivity contribution in [1.82, 2.24) is 4.90 Å². The van der Waals surface area contributed by atoms with Crippen LogP contribution in [-0.2, 0) is 11.3 Å². The quantitative estimate of drug-likeness (QED) is 0.890. The van der Waals surface area contributed by atoms with Crippen molar-refractivity contribution in [3.8, 4) is 11.5 Å². The lowest BCUT2D eigenvalue weighted by molar-refractivity contribution is -0.134. The monoisotopic (exact) mass is 314 g/mol. The van der Waals surface area contributed by atoms with E-state index in [9.17, 15) is 9.90 Å². The number of halogens is 1. The van der Waals surface area contributed by atoms with Gasteiger partial charge < -0.3 is 20.5 Å². The van der Waals surface area contributed by atoms with Crippen LogP contribution in [0.1, 0.15) is 24.8 Å². The molecule has 1 aliphatic rings. The molecule has 2 unspecified atom stereocenters. The summed E-state index contributed by atoms with van der Waals surface area (Å²) in [5.41, 5.74) is 6.89. The summed E-state index contributed by atoms with van der Waals surface area (Å²) >= 11 is 0. The van der Waals surface area contributed by atoms with E-state index in [1.165, 1.54) is 7.11 Å². The Balaban J connectivity index is 0.00000220. The highest BCUT2D eigenvalue weighted by molar-refractivity contribution is 5.85. The van der Waals surface area contributed by atoms with Crippen LogP contribution in [0, 0.1) is 5.92 Å². The number of amides is 1. The molecule has 21 heavy (non-hydrogen) atoms. The van der Waals surface area contributed by atoms with E-state index < -0.39 is 0 Å². The molecule has 1 aromatic carbocycles.